The Labute approximate surface area is 148 Å². The summed E-state index contributed by atoms with van der Waals surface area (Å²) in [5, 5.41) is 4.82. The average molecular weight is 329 g/mol. The van der Waals surface area contributed by atoms with Crippen LogP contribution in [0, 0.1) is 11.8 Å². The Hall–Kier alpha value is -2.42. The van der Waals surface area contributed by atoms with Crippen molar-refractivity contribution in [3.8, 4) is 0 Å². The molecule has 0 bridgehead atoms. The van der Waals surface area contributed by atoms with Gasteiger partial charge in [-0.05, 0) is 54.2 Å². The molecule has 4 aliphatic rings. The zero-order valence-corrected chi connectivity index (χ0v) is 14.4. The number of hydrogen-bond donors (Lipinski definition) is 1. The van der Waals surface area contributed by atoms with Crippen molar-refractivity contribution in [3.05, 3.63) is 71.6 Å². The molecule has 25 heavy (non-hydrogen) atoms. The van der Waals surface area contributed by atoms with Crippen molar-refractivity contribution >= 4 is 11.4 Å². The van der Waals surface area contributed by atoms with E-state index in [-0.39, 0.29) is 5.92 Å². The third kappa shape index (κ3) is 2.33. The Balaban J connectivity index is 1.65. The minimum atomic E-state index is 0.275. The first-order chi connectivity index (χ1) is 12.3. The summed E-state index contributed by atoms with van der Waals surface area (Å²) in [6, 6.07) is 11.0. The van der Waals surface area contributed by atoms with Gasteiger partial charge in [0, 0.05) is 24.3 Å². The third-order valence-corrected chi connectivity index (χ3v) is 6.16. The molecule has 5 rings (SSSR count). The van der Waals surface area contributed by atoms with Crippen LogP contribution in [0.25, 0.3) is 0 Å². The van der Waals surface area contributed by atoms with E-state index in [0.29, 0.717) is 11.8 Å². The highest BCUT2D eigenvalue weighted by molar-refractivity contribution is 6.18. The van der Waals surface area contributed by atoms with Crippen LogP contribution in [0.2, 0.25) is 0 Å². The van der Waals surface area contributed by atoms with Crippen molar-refractivity contribution in [1.29, 1.82) is 0 Å². The molecule has 0 saturated heterocycles. The fourth-order valence-corrected chi connectivity index (χ4v) is 5.09. The maximum atomic E-state index is 4.82. The second-order valence-electron chi connectivity index (χ2n) is 7.51. The van der Waals surface area contributed by atoms with Gasteiger partial charge in [0.05, 0.1) is 11.4 Å². The molecule has 2 aliphatic heterocycles. The third-order valence-electron chi connectivity index (χ3n) is 6.16. The maximum absolute atomic E-state index is 4.82. The maximum Gasteiger partial charge on any atom is 0.0738 e. The Kier molecular flexibility index (Phi) is 3.47. The lowest BCUT2D eigenvalue weighted by Gasteiger charge is -2.44. The molecule has 126 valence electrons. The monoisotopic (exact) mass is 329 g/mol. The smallest absolute Gasteiger partial charge is 0.0738 e. The van der Waals surface area contributed by atoms with E-state index < -0.39 is 0 Å². The molecule has 0 aromatic heterocycles. The molecule has 1 saturated carbocycles. The van der Waals surface area contributed by atoms with Crippen LogP contribution >= 0.6 is 0 Å². The summed E-state index contributed by atoms with van der Waals surface area (Å²) in [6.07, 6.45) is 9.91. The molecule has 3 heteroatoms. The van der Waals surface area contributed by atoms with E-state index >= 15 is 0 Å². The van der Waals surface area contributed by atoms with E-state index in [9.17, 15) is 0 Å². The predicted octanol–water partition coefficient (Wildman–Crippen LogP) is 4.72. The molecule has 0 amide bonds. The molecule has 3 nitrogen and oxygen atoms in total. The number of aliphatic imine (C=N–C) groups is 1. The summed E-state index contributed by atoms with van der Waals surface area (Å²) in [5.74, 6) is 1.34. The number of hydrogen-bond acceptors (Lipinski definition) is 3. The van der Waals surface area contributed by atoms with Crippen molar-refractivity contribution in [2.24, 2.45) is 21.9 Å². The molecule has 2 aliphatic carbocycles. The Morgan fingerprint density at radius 3 is 2.84 bits per heavy atom. The highest BCUT2D eigenvalue weighted by Gasteiger charge is 2.45. The second kappa shape index (κ2) is 5.83. The molecule has 0 radical (unpaired) electrons. The Bertz CT molecular complexity index is 841. The van der Waals surface area contributed by atoms with E-state index in [2.05, 4.69) is 48.4 Å². The normalized spacial score (nSPS) is 30.6. The van der Waals surface area contributed by atoms with Crippen molar-refractivity contribution in [3.63, 3.8) is 0 Å². The molecule has 1 aromatic rings. The van der Waals surface area contributed by atoms with E-state index in [4.69, 9.17) is 10.1 Å². The van der Waals surface area contributed by atoms with Gasteiger partial charge >= 0.3 is 0 Å². The van der Waals surface area contributed by atoms with Gasteiger partial charge in [0.1, 0.15) is 0 Å². The van der Waals surface area contributed by atoms with Crippen molar-refractivity contribution < 1.29 is 0 Å². The van der Waals surface area contributed by atoms with Crippen LogP contribution in [0.4, 0.5) is 0 Å². The summed E-state index contributed by atoms with van der Waals surface area (Å²) in [6.45, 7) is 4.21. The van der Waals surface area contributed by atoms with Crippen LogP contribution in [0.3, 0.4) is 0 Å². The average Bonchev–Trinajstić information content (AvgIpc) is 3.19. The van der Waals surface area contributed by atoms with Crippen LogP contribution in [-0.2, 0) is 0 Å². The van der Waals surface area contributed by atoms with Gasteiger partial charge in [-0.1, -0.05) is 43.0 Å². The fourth-order valence-electron chi connectivity index (χ4n) is 5.09. The number of nitrogens with zero attached hydrogens (tertiary/aromatic N) is 2. The van der Waals surface area contributed by atoms with Crippen molar-refractivity contribution in [2.45, 2.75) is 38.0 Å². The van der Waals surface area contributed by atoms with Crippen LogP contribution < -0.4 is 5.43 Å². The summed E-state index contributed by atoms with van der Waals surface area (Å²) >= 11 is 0. The highest BCUT2D eigenvalue weighted by Crippen LogP contribution is 2.50. The van der Waals surface area contributed by atoms with Gasteiger partial charge in [0.15, 0.2) is 0 Å². The summed E-state index contributed by atoms with van der Waals surface area (Å²) in [4.78, 5) is 4.72. The molecule has 1 N–H and O–H groups in total. The topological polar surface area (TPSA) is 36.8 Å². The van der Waals surface area contributed by atoms with Gasteiger partial charge in [-0.3, -0.25) is 10.4 Å². The van der Waals surface area contributed by atoms with Crippen LogP contribution in [0.15, 0.2) is 76.1 Å². The van der Waals surface area contributed by atoms with E-state index in [1.807, 2.05) is 6.20 Å². The standard InChI is InChI=1S/C22H23N3/c1-14-17-10-5-9-16-13-18(15-7-3-2-4-8-15)21(19-11-6-12-23-19)22(20(16)17)25-24-14/h2-4,6-8,12,16,18,21,24H,1,5,9-11,13H2. The Morgan fingerprint density at radius 1 is 1.16 bits per heavy atom. The number of benzene rings is 1. The highest BCUT2D eigenvalue weighted by atomic mass is 15.3. The van der Waals surface area contributed by atoms with Crippen molar-refractivity contribution in [2.75, 3.05) is 0 Å². The summed E-state index contributed by atoms with van der Waals surface area (Å²) < 4.78 is 0. The van der Waals surface area contributed by atoms with Gasteiger partial charge in [0.2, 0.25) is 0 Å². The number of allylic oxidation sites excluding steroid dienone is 3. The van der Waals surface area contributed by atoms with Gasteiger partial charge in [0.25, 0.3) is 0 Å². The van der Waals surface area contributed by atoms with Crippen LogP contribution in [0.1, 0.15) is 43.6 Å². The molecule has 1 aromatic carbocycles. The molecule has 2 heterocycles. The minimum absolute atomic E-state index is 0.275. The Morgan fingerprint density at radius 2 is 2.04 bits per heavy atom. The van der Waals surface area contributed by atoms with Gasteiger partial charge in [-0.15, -0.1) is 0 Å². The number of hydrazone groups is 1. The predicted molar refractivity (Wildman–Crippen MR) is 103 cm³/mol. The van der Waals surface area contributed by atoms with Crippen molar-refractivity contribution in [1.82, 2.24) is 5.43 Å². The lowest BCUT2D eigenvalue weighted by Crippen LogP contribution is -2.43. The molecule has 3 atom stereocenters. The molecule has 1 fully saturated rings. The molecular weight excluding hydrogens is 306 g/mol. The zero-order chi connectivity index (χ0) is 16.8. The summed E-state index contributed by atoms with van der Waals surface area (Å²) in [5.41, 5.74) is 11.0. The molecule has 3 unspecified atom stereocenters. The largest absolute Gasteiger partial charge is 0.279 e. The lowest BCUT2D eigenvalue weighted by molar-refractivity contribution is 0.394. The summed E-state index contributed by atoms with van der Waals surface area (Å²) in [7, 11) is 0. The van der Waals surface area contributed by atoms with Gasteiger partial charge < -0.3 is 0 Å². The van der Waals surface area contributed by atoms with Gasteiger partial charge in [-0.2, -0.15) is 5.10 Å². The lowest BCUT2D eigenvalue weighted by atomic mass is 9.61. The SMILES string of the molecule is C=C1NN=C2C3=C1CCCC3CC(c1ccccc1)C2C1=NC=CC1. The molecule has 0 spiro atoms. The number of nitrogens with one attached hydrogen (secondary N) is 1. The zero-order valence-electron chi connectivity index (χ0n) is 14.4. The van der Waals surface area contributed by atoms with Crippen LogP contribution in [0.5, 0.6) is 0 Å². The van der Waals surface area contributed by atoms with Gasteiger partial charge in [-0.25, -0.2) is 0 Å². The van der Waals surface area contributed by atoms with E-state index in [1.165, 1.54) is 47.4 Å². The van der Waals surface area contributed by atoms with Crippen LogP contribution in [-0.4, -0.2) is 11.4 Å². The van der Waals surface area contributed by atoms with E-state index in [1.54, 1.807) is 0 Å². The first-order valence-corrected chi connectivity index (χ1v) is 9.35. The fraction of sp³-hybridized carbons (Fsp3) is 0.364. The molecular formula is C22H23N3. The minimum Gasteiger partial charge on any atom is -0.279 e. The quantitative estimate of drug-likeness (QED) is 0.837. The second-order valence-corrected chi connectivity index (χ2v) is 7.51. The van der Waals surface area contributed by atoms with E-state index in [0.717, 1.165) is 18.5 Å². The number of rotatable bonds is 2. The first kappa shape index (κ1) is 14.9. The first-order valence-electron chi connectivity index (χ1n) is 9.35.